The number of ether oxygens (including phenoxy) is 1. The smallest absolute Gasteiger partial charge is 0.193 e. The van der Waals surface area contributed by atoms with Crippen molar-refractivity contribution in [2.75, 3.05) is 38.7 Å². The van der Waals surface area contributed by atoms with E-state index in [0.717, 1.165) is 19.0 Å². The summed E-state index contributed by atoms with van der Waals surface area (Å²) < 4.78 is 28.3. The summed E-state index contributed by atoms with van der Waals surface area (Å²) in [5, 5.41) is 3.16. The van der Waals surface area contributed by atoms with E-state index in [0.29, 0.717) is 30.6 Å². The van der Waals surface area contributed by atoms with E-state index in [9.17, 15) is 8.42 Å². The van der Waals surface area contributed by atoms with E-state index in [2.05, 4.69) is 15.2 Å². The van der Waals surface area contributed by atoms with Crippen molar-refractivity contribution in [2.45, 2.75) is 25.0 Å². The van der Waals surface area contributed by atoms with Crippen molar-refractivity contribution in [3.8, 4) is 0 Å². The summed E-state index contributed by atoms with van der Waals surface area (Å²) in [6.07, 6.45) is 4.51. The topological polar surface area (TPSA) is 71.0 Å². The molecule has 3 saturated heterocycles. The van der Waals surface area contributed by atoms with Crippen molar-refractivity contribution in [2.24, 2.45) is 16.8 Å². The minimum atomic E-state index is -2.93. The highest BCUT2D eigenvalue weighted by molar-refractivity contribution is 14.0. The van der Waals surface area contributed by atoms with Crippen LogP contribution < -0.4 is 5.32 Å². The summed E-state index contributed by atoms with van der Waals surface area (Å²) in [6.45, 7) is 2.37. The van der Waals surface area contributed by atoms with Gasteiger partial charge in [-0.05, 0) is 12.8 Å². The Kier molecular flexibility index (Phi) is 5.40. The number of halogens is 1. The van der Waals surface area contributed by atoms with Crippen LogP contribution in [0.4, 0.5) is 0 Å². The van der Waals surface area contributed by atoms with Gasteiger partial charge in [-0.3, -0.25) is 4.99 Å². The standard InChI is InChI=1S/C13H23N3O3S.HI/c1-14-13(15-5-6-20(2,17)18)16-7-9-10(8-16)12-4-3-11(9)19-12;/h9-12H,3-8H2,1-2H3,(H,14,15);1H. The van der Waals surface area contributed by atoms with Gasteiger partial charge in [0.25, 0.3) is 0 Å². The zero-order valence-corrected chi connectivity index (χ0v) is 15.6. The number of nitrogens with zero attached hydrogens (tertiary/aromatic N) is 2. The second-order valence-electron chi connectivity index (χ2n) is 6.13. The fourth-order valence-corrected chi connectivity index (χ4v) is 4.29. The Labute approximate surface area is 143 Å². The Morgan fingerprint density at radius 3 is 2.33 bits per heavy atom. The summed E-state index contributed by atoms with van der Waals surface area (Å²) in [5.41, 5.74) is 0. The zero-order valence-electron chi connectivity index (χ0n) is 12.5. The van der Waals surface area contributed by atoms with Crippen LogP contribution in [0.25, 0.3) is 0 Å². The molecule has 2 bridgehead atoms. The molecule has 3 aliphatic heterocycles. The molecule has 0 aromatic heterocycles. The minimum Gasteiger partial charge on any atom is -0.374 e. The molecule has 8 heteroatoms. The van der Waals surface area contributed by atoms with Gasteiger partial charge in [0.05, 0.1) is 18.0 Å². The van der Waals surface area contributed by atoms with Crippen LogP contribution >= 0.6 is 24.0 Å². The number of nitrogens with one attached hydrogen (secondary N) is 1. The van der Waals surface area contributed by atoms with Crippen LogP contribution in [0.3, 0.4) is 0 Å². The van der Waals surface area contributed by atoms with Gasteiger partial charge < -0.3 is 15.0 Å². The van der Waals surface area contributed by atoms with Gasteiger partial charge in [-0.15, -0.1) is 24.0 Å². The van der Waals surface area contributed by atoms with Gasteiger partial charge in [0, 0.05) is 44.8 Å². The number of rotatable bonds is 3. The number of aliphatic imine (C=N–C) groups is 1. The van der Waals surface area contributed by atoms with Crippen LogP contribution in [0.1, 0.15) is 12.8 Å². The van der Waals surface area contributed by atoms with Gasteiger partial charge in [0.1, 0.15) is 9.84 Å². The van der Waals surface area contributed by atoms with E-state index >= 15 is 0 Å². The fourth-order valence-electron chi connectivity index (χ4n) is 3.81. The molecule has 0 aliphatic carbocycles. The number of hydrogen-bond donors (Lipinski definition) is 1. The Morgan fingerprint density at radius 2 is 1.86 bits per heavy atom. The van der Waals surface area contributed by atoms with Crippen LogP contribution in [0, 0.1) is 11.8 Å². The Balaban J connectivity index is 0.00000161. The molecular formula is C13H24IN3O3S. The van der Waals surface area contributed by atoms with Crippen molar-refractivity contribution in [1.29, 1.82) is 0 Å². The first-order valence-corrected chi connectivity index (χ1v) is 9.33. The maximum atomic E-state index is 11.2. The van der Waals surface area contributed by atoms with E-state index in [-0.39, 0.29) is 29.7 Å². The summed E-state index contributed by atoms with van der Waals surface area (Å²) in [6, 6.07) is 0. The highest BCUT2D eigenvalue weighted by Crippen LogP contribution is 2.47. The van der Waals surface area contributed by atoms with Crippen molar-refractivity contribution >= 4 is 39.8 Å². The van der Waals surface area contributed by atoms with Gasteiger partial charge in [-0.1, -0.05) is 0 Å². The lowest BCUT2D eigenvalue weighted by atomic mass is 9.82. The first kappa shape index (κ1) is 17.3. The van der Waals surface area contributed by atoms with Crippen molar-refractivity contribution < 1.29 is 13.2 Å². The van der Waals surface area contributed by atoms with Gasteiger partial charge in [0.2, 0.25) is 0 Å². The van der Waals surface area contributed by atoms with E-state index < -0.39 is 9.84 Å². The summed E-state index contributed by atoms with van der Waals surface area (Å²) in [4.78, 5) is 6.54. The molecule has 0 aromatic rings. The molecule has 3 fully saturated rings. The first-order chi connectivity index (χ1) is 9.48. The second-order valence-corrected chi connectivity index (χ2v) is 8.39. The first-order valence-electron chi connectivity index (χ1n) is 7.27. The minimum absolute atomic E-state index is 0. The van der Waals surface area contributed by atoms with Crippen molar-refractivity contribution in [1.82, 2.24) is 10.2 Å². The van der Waals surface area contributed by atoms with Crippen molar-refractivity contribution in [3.63, 3.8) is 0 Å². The number of guanidine groups is 1. The summed E-state index contributed by atoms with van der Waals surface area (Å²) in [7, 11) is -1.18. The lowest BCUT2D eigenvalue weighted by Crippen LogP contribution is -2.42. The number of sulfone groups is 1. The average Bonchev–Trinajstić information content (AvgIpc) is 3.04. The quantitative estimate of drug-likeness (QED) is 0.398. The zero-order chi connectivity index (χ0) is 14.3. The highest BCUT2D eigenvalue weighted by atomic mass is 127. The Hall–Kier alpha value is -0.0900. The number of likely N-dealkylation sites (tertiary alicyclic amines) is 1. The lowest BCUT2D eigenvalue weighted by molar-refractivity contribution is 0.0767. The van der Waals surface area contributed by atoms with E-state index in [1.165, 1.54) is 19.1 Å². The van der Waals surface area contributed by atoms with Gasteiger partial charge >= 0.3 is 0 Å². The summed E-state index contributed by atoms with van der Waals surface area (Å²) in [5.74, 6) is 2.22. The predicted octanol–water partition coefficient (Wildman–Crippen LogP) is 0.334. The fraction of sp³-hybridized carbons (Fsp3) is 0.923. The molecule has 6 nitrogen and oxygen atoms in total. The molecular weight excluding hydrogens is 405 g/mol. The van der Waals surface area contributed by atoms with Gasteiger partial charge in [-0.2, -0.15) is 0 Å². The van der Waals surface area contributed by atoms with E-state index in [1.54, 1.807) is 7.05 Å². The molecule has 0 saturated carbocycles. The maximum Gasteiger partial charge on any atom is 0.193 e. The van der Waals surface area contributed by atoms with Gasteiger partial charge in [-0.25, -0.2) is 8.42 Å². The molecule has 0 aromatic carbocycles. The highest BCUT2D eigenvalue weighted by Gasteiger charge is 2.53. The van der Waals surface area contributed by atoms with Crippen LogP contribution in [0.5, 0.6) is 0 Å². The number of fused-ring (bicyclic) bond motifs is 5. The Morgan fingerprint density at radius 1 is 1.29 bits per heavy atom. The van der Waals surface area contributed by atoms with Crippen molar-refractivity contribution in [3.05, 3.63) is 0 Å². The molecule has 4 atom stereocenters. The molecule has 0 amide bonds. The molecule has 3 heterocycles. The third kappa shape index (κ3) is 3.64. The van der Waals surface area contributed by atoms with E-state index in [4.69, 9.17) is 4.74 Å². The molecule has 4 unspecified atom stereocenters. The largest absolute Gasteiger partial charge is 0.374 e. The second kappa shape index (κ2) is 6.57. The van der Waals surface area contributed by atoms with Gasteiger partial charge in [0.15, 0.2) is 5.96 Å². The SMILES string of the molecule is CN=C(NCCS(C)(=O)=O)N1CC2C3CCC(O3)C2C1.I. The monoisotopic (exact) mass is 429 g/mol. The van der Waals surface area contributed by atoms with Crippen LogP contribution in [-0.2, 0) is 14.6 Å². The molecule has 21 heavy (non-hydrogen) atoms. The lowest BCUT2D eigenvalue weighted by Gasteiger charge is -2.23. The van der Waals surface area contributed by atoms with E-state index in [1.807, 2.05) is 0 Å². The van der Waals surface area contributed by atoms with Crippen LogP contribution in [0.15, 0.2) is 4.99 Å². The maximum absolute atomic E-state index is 11.2. The summed E-state index contributed by atoms with van der Waals surface area (Å²) >= 11 is 0. The third-order valence-electron chi connectivity index (χ3n) is 4.72. The molecule has 1 N–H and O–H groups in total. The number of hydrogen-bond acceptors (Lipinski definition) is 4. The Bertz CT molecular complexity index is 493. The normalized spacial score (nSPS) is 34.8. The third-order valence-corrected chi connectivity index (χ3v) is 5.67. The molecule has 122 valence electrons. The molecule has 0 radical (unpaired) electrons. The van der Waals surface area contributed by atoms with Crippen LogP contribution in [-0.4, -0.2) is 70.2 Å². The predicted molar refractivity (Wildman–Crippen MR) is 92.9 cm³/mol. The average molecular weight is 429 g/mol. The molecule has 0 spiro atoms. The molecule has 3 aliphatic rings. The van der Waals surface area contributed by atoms with Crippen LogP contribution in [0.2, 0.25) is 0 Å². The molecule has 3 rings (SSSR count).